The van der Waals surface area contributed by atoms with Gasteiger partial charge in [-0.2, -0.15) is 18.3 Å². The number of aromatic amines is 1. The van der Waals surface area contributed by atoms with Crippen molar-refractivity contribution in [2.24, 2.45) is 0 Å². The van der Waals surface area contributed by atoms with Crippen molar-refractivity contribution in [3.63, 3.8) is 0 Å². The van der Waals surface area contributed by atoms with E-state index >= 15 is 0 Å². The average Bonchev–Trinajstić information content (AvgIpc) is 3.47. The molecule has 1 aliphatic rings. The Kier molecular flexibility index (Phi) is 5.88. The van der Waals surface area contributed by atoms with Crippen LogP contribution in [0.1, 0.15) is 40.1 Å². The molecule has 35 heavy (non-hydrogen) atoms. The van der Waals surface area contributed by atoms with Crippen LogP contribution in [0.15, 0.2) is 60.8 Å². The van der Waals surface area contributed by atoms with Gasteiger partial charge in [0.25, 0.3) is 5.91 Å². The Morgan fingerprint density at radius 3 is 2.71 bits per heavy atom. The molecule has 1 amide bonds. The fourth-order valence-corrected chi connectivity index (χ4v) is 4.48. The first-order valence-corrected chi connectivity index (χ1v) is 11.2. The standard InChI is InChI=1S/C25H24F3N5O2/c1-35-17-8-6-15(7-9-17)20-12-22(25(26,27)28)33-23(31-20)13-21(32-33)24(34)29-11-10-16-14-30-19-5-3-2-4-18(16)19/h2-9,13-14,20,22,30-31H,10-12H2,1H3,(H,29,34)/t20-,22+/m0/s1. The number of rotatable bonds is 6. The van der Waals surface area contributed by atoms with Crippen molar-refractivity contribution in [3.05, 3.63) is 77.6 Å². The highest BCUT2D eigenvalue weighted by molar-refractivity contribution is 5.93. The van der Waals surface area contributed by atoms with E-state index in [1.165, 1.54) is 13.2 Å². The topological polar surface area (TPSA) is 84.0 Å². The third-order valence-electron chi connectivity index (χ3n) is 6.30. The van der Waals surface area contributed by atoms with Crippen LogP contribution in [0.4, 0.5) is 19.0 Å². The predicted octanol–water partition coefficient (Wildman–Crippen LogP) is 5.01. The van der Waals surface area contributed by atoms with Crippen molar-refractivity contribution in [3.8, 4) is 5.75 Å². The van der Waals surface area contributed by atoms with Gasteiger partial charge in [-0.05, 0) is 35.7 Å². The van der Waals surface area contributed by atoms with E-state index < -0.39 is 24.2 Å². The fraction of sp³-hybridized carbons (Fsp3) is 0.280. The molecule has 0 saturated heterocycles. The van der Waals surface area contributed by atoms with Crippen molar-refractivity contribution in [1.82, 2.24) is 20.1 Å². The minimum Gasteiger partial charge on any atom is -0.497 e. The molecule has 0 fully saturated rings. The molecule has 0 aliphatic carbocycles. The van der Waals surface area contributed by atoms with Crippen LogP contribution >= 0.6 is 0 Å². The normalized spacial score (nSPS) is 17.6. The summed E-state index contributed by atoms with van der Waals surface area (Å²) in [5.41, 5.74) is 2.69. The first-order chi connectivity index (χ1) is 16.8. The number of halogens is 3. The van der Waals surface area contributed by atoms with Crippen LogP contribution in [0.25, 0.3) is 10.9 Å². The van der Waals surface area contributed by atoms with Crippen molar-refractivity contribution in [1.29, 1.82) is 0 Å². The van der Waals surface area contributed by atoms with E-state index in [9.17, 15) is 18.0 Å². The lowest BCUT2D eigenvalue weighted by molar-refractivity contribution is -0.173. The summed E-state index contributed by atoms with van der Waals surface area (Å²) in [6, 6.07) is 13.6. The molecule has 0 saturated carbocycles. The van der Waals surface area contributed by atoms with E-state index in [2.05, 4.69) is 20.7 Å². The molecule has 3 heterocycles. The number of alkyl halides is 3. The molecule has 1 aliphatic heterocycles. The van der Waals surface area contributed by atoms with E-state index in [1.807, 2.05) is 30.5 Å². The molecule has 5 rings (SSSR count). The van der Waals surface area contributed by atoms with Crippen LogP contribution < -0.4 is 15.4 Å². The molecule has 2 aromatic heterocycles. The number of aromatic nitrogens is 3. The highest BCUT2D eigenvalue weighted by Gasteiger charge is 2.46. The highest BCUT2D eigenvalue weighted by Crippen LogP contribution is 2.43. The first-order valence-electron chi connectivity index (χ1n) is 11.2. The van der Waals surface area contributed by atoms with E-state index in [0.29, 0.717) is 24.3 Å². The molecule has 10 heteroatoms. The number of carbonyl (C=O) groups excluding carboxylic acids is 1. The number of para-hydroxylation sites is 1. The molecule has 7 nitrogen and oxygen atoms in total. The van der Waals surface area contributed by atoms with E-state index in [-0.39, 0.29) is 17.9 Å². The van der Waals surface area contributed by atoms with Gasteiger partial charge in [0, 0.05) is 36.1 Å². The third-order valence-corrected chi connectivity index (χ3v) is 6.30. The lowest BCUT2D eigenvalue weighted by atomic mass is 9.97. The maximum Gasteiger partial charge on any atom is 0.410 e. The van der Waals surface area contributed by atoms with Gasteiger partial charge in [0.1, 0.15) is 11.6 Å². The summed E-state index contributed by atoms with van der Waals surface area (Å²) in [5.74, 6) is 0.255. The largest absolute Gasteiger partial charge is 0.497 e. The fourth-order valence-electron chi connectivity index (χ4n) is 4.48. The quantitative estimate of drug-likeness (QED) is 0.360. The number of hydrogen-bond donors (Lipinski definition) is 3. The first kappa shape index (κ1) is 22.8. The second kappa shape index (κ2) is 9.01. The summed E-state index contributed by atoms with van der Waals surface area (Å²) in [6.45, 7) is 0.327. The summed E-state index contributed by atoms with van der Waals surface area (Å²) in [5, 5.41) is 11.0. The summed E-state index contributed by atoms with van der Waals surface area (Å²) < 4.78 is 47.7. The molecule has 3 N–H and O–H groups in total. The molecule has 2 aromatic carbocycles. The van der Waals surface area contributed by atoms with Gasteiger partial charge >= 0.3 is 6.18 Å². The number of carbonyl (C=O) groups is 1. The van der Waals surface area contributed by atoms with E-state index in [0.717, 1.165) is 21.1 Å². The second-order valence-corrected chi connectivity index (χ2v) is 8.49. The number of methoxy groups -OCH3 is 1. The van der Waals surface area contributed by atoms with Gasteiger partial charge in [-0.25, -0.2) is 4.68 Å². The van der Waals surface area contributed by atoms with Gasteiger partial charge in [-0.3, -0.25) is 4.79 Å². The van der Waals surface area contributed by atoms with Crippen LogP contribution in [0.5, 0.6) is 5.75 Å². The van der Waals surface area contributed by atoms with Gasteiger partial charge in [-0.1, -0.05) is 30.3 Å². The number of nitrogens with one attached hydrogen (secondary N) is 3. The number of amides is 1. The van der Waals surface area contributed by atoms with Crippen LogP contribution in [0, 0.1) is 0 Å². The number of H-pyrrole nitrogens is 1. The van der Waals surface area contributed by atoms with Gasteiger partial charge in [0.05, 0.1) is 13.2 Å². The highest BCUT2D eigenvalue weighted by atomic mass is 19.4. The van der Waals surface area contributed by atoms with E-state index in [4.69, 9.17) is 4.74 Å². The zero-order valence-electron chi connectivity index (χ0n) is 18.9. The zero-order valence-corrected chi connectivity index (χ0v) is 18.9. The Morgan fingerprint density at radius 1 is 1.20 bits per heavy atom. The van der Waals surface area contributed by atoms with Gasteiger partial charge in [0.2, 0.25) is 0 Å². The Hall–Kier alpha value is -3.95. The average molecular weight is 483 g/mol. The summed E-state index contributed by atoms with van der Waals surface area (Å²) in [6.07, 6.45) is -2.29. The molecule has 182 valence electrons. The van der Waals surface area contributed by atoms with Crippen molar-refractivity contribution >= 4 is 22.6 Å². The van der Waals surface area contributed by atoms with Crippen LogP contribution in [-0.4, -0.2) is 40.5 Å². The molecular formula is C25H24F3N5O2. The second-order valence-electron chi connectivity index (χ2n) is 8.49. The number of fused-ring (bicyclic) bond motifs is 2. The van der Waals surface area contributed by atoms with Gasteiger partial charge in [-0.15, -0.1) is 0 Å². The predicted molar refractivity (Wildman–Crippen MR) is 126 cm³/mol. The Morgan fingerprint density at radius 2 is 1.97 bits per heavy atom. The van der Waals surface area contributed by atoms with E-state index in [1.54, 1.807) is 24.3 Å². The molecule has 0 unspecified atom stereocenters. The van der Waals surface area contributed by atoms with Crippen molar-refractivity contribution in [2.75, 3.05) is 19.0 Å². The van der Waals surface area contributed by atoms with Crippen molar-refractivity contribution in [2.45, 2.75) is 31.1 Å². The zero-order chi connectivity index (χ0) is 24.6. The maximum absolute atomic E-state index is 13.9. The summed E-state index contributed by atoms with van der Waals surface area (Å²) >= 11 is 0. The van der Waals surface area contributed by atoms with Gasteiger partial charge < -0.3 is 20.4 Å². The minimum absolute atomic E-state index is 0.0592. The lowest BCUT2D eigenvalue weighted by Gasteiger charge is -2.33. The smallest absolute Gasteiger partial charge is 0.410 e. The number of hydrogen-bond acceptors (Lipinski definition) is 4. The summed E-state index contributed by atoms with van der Waals surface area (Å²) in [7, 11) is 1.53. The maximum atomic E-state index is 13.9. The Balaban J connectivity index is 1.31. The molecule has 4 aromatic rings. The third kappa shape index (κ3) is 4.55. The monoisotopic (exact) mass is 483 g/mol. The van der Waals surface area contributed by atoms with Crippen molar-refractivity contribution < 1.29 is 22.7 Å². The van der Waals surface area contributed by atoms with Gasteiger partial charge in [0.15, 0.2) is 11.7 Å². The number of nitrogens with zero attached hydrogens (tertiary/aromatic N) is 2. The number of anilines is 1. The number of ether oxygens (including phenoxy) is 1. The van der Waals surface area contributed by atoms with Crippen LogP contribution in [-0.2, 0) is 6.42 Å². The van der Waals surface area contributed by atoms with Crippen LogP contribution in [0.2, 0.25) is 0 Å². The van der Waals surface area contributed by atoms with Crippen LogP contribution in [0.3, 0.4) is 0 Å². The Bertz CT molecular complexity index is 1340. The molecule has 0 radical (unpaired) electrons. The SMILES string of the molecule is COc1ccc([C@@H]2C[C@H](C(F)(F)F)n3nc(C(=O)NCCc4c[nH]c5ccccc45)cc3N2)cc1. The molecule has 2 atom stereocenters. The number of benzene rings is 2. The minimum atomic E-state index is -4.52. The molecular weight excluding hydrogens is 459 g/mol. The molecule has 0 spiro atoms. The molecule has 0 bridgehead atoms. The summed E-state index contributed by atoms with van der Waals surface area (Å²) in [4.78, 5) is 15.9. The lowest BCUT2D eigenvalue weighted by Crippen LogP contribution is -2.35. The Labute approximate surface area is 199 Å².